The van der Waals surface area contributed by atoms with Gasteiger partial charge in [-0.05, 0) is 71.1 Å². The van der Waals surface area contributed by atoms with E-state index in [-0.39, 0.29) is 0 Å². The van der Waals surface area contributed by atoms with Gasteiger partial charge in [-0.25, -0.2) is 4.57 Å². The van der Waals surface area contributed by atoms with Crippen molar-refractivity contribution in [3.05, 3.63) is 65.0 Å². The number of aryl methyl sites for hydroxylation is 3. The average molecular weight is 421 g/mol. The molecule has 0 saturated heterocycles. The summed E-state index contributed by atoms with van der Waals surface area (Å²) in [7, 11) is 2.13. The van der Waals surface area contributed by atoms with Crippen LogP contribution in [-0.4, -0.2) is 9.38 Å². The first kappa shape index (κ1) is 19.5. The van der Waals surface area contributed by atoms with Crippen molar-refractivity contribution in [3.8, 4) is 0 Å². The minimum Gasteiger partial charge on any atom is -0.307 e. The fraction of sp³-hybridized carbons (Fsp3) is 0.310. The standard InChI is InChI=1S/C29H30N3/c1-15(2)19-12-23-26-24(13-19)32-27-20(16(3)4)9-8-10-21(27)22-11-17(5)18(6)25(28(22)32)29(26)31(7)14-30-23/h8-16H,1-7H3/q+1. The molecule has 0 amide bonds. The molecule has 0 N–H and O–H groups in total. The Morgan fingerprint density at radius 1 is 0.875 bits per heavy atom. The van der Waals surface area contributed by atoms with Gasteiger partial charge in [-0.1, -0.05) is 45.9 Å². The SMILES string of the molecule is Cc1cc2c3cccc(C(C)C)c3n3c4cc(C(C)C)cc5nc[n+](C)c(c(c1C)c23)c54. The average Bonchev–Trinajstić information content (AvgIpc) is 3.09. The van der Waals surface area contributed by atoms with E-state index in [0.29, 0.717) is 11.8 Å². The molecule has 0 aliphatic heterocycles. The molecule has 0 saturated carbocycles. The highest BCUT2D eigenvalue weighted by atomic mass is 15.0. The lowest BCUT2D eigenvalue weighted by atomic mass is 9.95. The molecule has 0 bridgehead atoms. The first-order chi connectivity index (χ1) is 15.3. The number of aromatic nitrogens is 3. The van der Waals surface area contributed by atoms with Gasteiger partial charge < -0.3 is 4.40 Å². The largest absolute Gasteiger partial charge is 0.307 e. The second-order valence-corrected chi connectivity index (χ2v) is 10.1. The lowest BCUT2D eigenvalue weighted by molar-refractivity contribution is -0.646. The Morgan fingerprint density at radius 3 is 2.38 bits per heavy atom. The van der Waals surface area contributed by atoms with Crippen LogP contribution in [0.5, 0.6) is 0 Å². The maximum Gasteiger partial charge on any atom is 0.287 e. The predicted octanol–water partition coefficient (Wildman–Crippen LogP) is 7.07. The summed E-state index contributed by atoms with van der Waals surface area (Å²) in [4.78, 5) is 4.89. The van der Waals surface area contributed by atoms with Gasteiger partial charge in [-0.3, -0.25) is 0 Å². The minimum atomic E-state index is 0.442. The zero-order valence-corrected chi connectivity index (χ0v) is 20.0. The molecule has 3 aromatic heterocycles. The summed E-state index contributed by atoms with van der Waals surface area (Å²) in [5.74, 6) is 0.887. The number of benzene rings is 3. The predicted molar refractivity (Wildman–Crippen MR) is 135 cm³/mol. The summed E-state index contributed by atoms with van der Waals surface area (Å²) in [6.45, 7) is 13.7. The van der Waals surface area contributed by atoms with Crippen molar-refractivity contribution in [2.75, 3.05) is 0 Å². The number of rotatable bonds is 2. The van der Waals surface area contributed by atoms with Gasteiger partial charge in [-0.2, -0.15) is 0 Å². The van der Waals surface area contributed by atoms with Gasteiger partial charge in [0.1, 0.15) is 5.52 Å². The third kappa shape index (κ3) is 2.31. The highest BCUT2D eigenvalue weighted by Gasteiger charge is 2.26. The van der Waals surface area contributed by atoms with Gasteiger partial charge >= 0.3 is 0 Å². The van der Waals surface area contributed by atoms with E-state index in [1.807, 2.05) is 6.33 Å². The van der Waals surface area contributed by atoms with E-state index < -0.39 is 0 Å². The smallest absolute Gasteiger partial charge is 0.287 e. The first-order valence-corrected chi connectivity index (χ1v) is 11.7. The fourth-order valence-corrected chi connectivity index (χ4v) is 5.65. The van der Waals surface area contributed by atoms with E-state index in [1.54, 1.807) is 0 Å². The molecule has 0 aliphatic rings. The summed E-state index contributed by atoms with van der Waals surface area (Å²) in [6, 6.07) is 13.9. The Hall–Kier alpha value is -3.20. The number of nitrogens with zero attached hydrogens (tertiary/aromatic N) is 3. The molecule has 0 spiro atoms. The Morgan fingerprint density at radius 2 is 1.66 bits per heavy atom. The second-order valence-electron chi connectivity index (χ2n) is 10.1. The molecule has 6 aromatic rings. The molecule has 0 unspecified atom stereocenters. The zero-order chi connectivity index (χ0) is 22.5. The molecule has 3 aromatic carbocycles. The normalized spacial score (nSPS) is 12.8. The van der Waals surface area contributed by atoms with Crippen molar-refractivity contribution in [2.45, 2.75) is 53.4 Å². The van der Waals surface area contributed by atoms with Crippen LogP contribution in [0.25, 0.3) is 49.1 Å². The van der Waals surface area contributed by atoms with Crippen LogP contribution in [0.1, 0.15) is 61.8 Å². The number of pyridine rings is 1. The molecule has 0 fully saturated rings. The van der Waals surface area contributed by atoms with Crippen LogP contribution in [0.15, 0.2) is 42.7 Å². The molecule has 160 valence electrons. The van der Waals surface area contributed by atoms with E-state index in [0.717, 1.165) is 5.52 Å². The van der Waals surface area contributed by atoms with E-state index >= 15 is 0 Å². The zero-order valence-electron chi connectivity index (χ0n) is 20.0. The number of hydrogen-bond acceptors (Lipinski definition) is 1. The van der Waals surface area contributed by atoms with E-state index in [9.17, 15) is 0 Å². The molecule has 6 rings (SSSR count). The lowest BCUT2D eigenvalue weighted by Crippen LogP contribution is -2.30. The fourth-order valence-electron chi connectivity index (χ4n) is 5.65. The highest BCUT2D eigenvalue weighted by molar-refractivity contribution is 6.26. The van der Waals surface area contributed by atoms with Gasteiger partial charge in [0.25, 0.3) is 6.33 Å². The molecule has 0 atom stereocenters. The molecular formula is C29H30N3+. The van der Waals surface area contributed by atoms with Crippen LogP contribution in [0.4, 0.5) is 0 Å². The Kier molecular flexibility index (Phi) is 3.90. The van der Waals surface area contributed by atoms with E-state index in [4.69, 9.17) is 4.98 Å². The van der Waals surface area contributed by atoms with Crippen LogP contribution in [0, 0.1) is 13.8 Å². The van der Waals surface area contributed by atoms with Crippen molar-refractivity contribution >= 4 is 49.1 Å². The van der Waals surface area contributed by atoms with Gasteiger partial charge in [-0.15, -0.1) is 0 Å². The maximum atomic E-state index is 4.89. The van der Waals surface area contributed by atoms with Crippen molar-refractivity contribution in [3.63, 3.8) is 0 Å². The summed E-state index contributed by atoms with van der Waals surface area (Å²) in [6.07, 6.45) is 1.98. The first-order valence-electron chi connectivity index (χ1n) is 11.7. The second kappa shape index (κ2) is 6.41. The van der Waals surface area contributed by atoms with Crippen molar-refractivity contribution in [2.24, 2.45) is 7.05 Å². The molecule has 32 heavy (non-hydrogen) atoms. The Bertz CT molecular complexity index is 1700. The van der Waals surface area contributed by atoms with Gasteiger partial charge in [0.15, 0.2) is 5.52 Å². The van der Waals surface area contributed by atoms with Crippen LogP contribution in [0.3, 0.4) is 0 Å². The molecule has 0 radical (unpaired) electrons. The van der Waals surface area contributed by atoms with Crippen LogP contribution < -0.4 is 4.57 Å². The Labute approximate surface area is 188 Å². The number of fused-ring (bicyclic) bond motifs is 5. The van der Waals surface area contributed by atoms with Crippen LogP contribution >= 0.6 is 0 Å². The summed E-state index contributed by atoms with van der Waals surface area (Å²) in [5.41, 5.74) is 11.8. The summed E-state index contributed by atoms with van der Waals surface area (Å²) < 4.78 is 4.78. The van der Waals surface area contributed by atoms with E-state index in [2.05, 4.69) is 94.0 Å². The Balaban J connectivity index is 2.10. The maximum absolute atomic E-state index is 4.89. The van der Waals surface area contributed by atoms with Crippen LogP contribution in [-0.2, 0) is 7.05 Å². The molecule has 3 heterocycles. The van der Waals surface area contributed by atoms with Crippen LogP contribution in [0.2, 0.25) is 0 Å². The van der Waals surface area contributed by atoms with Gasteiger partial charge in [0, 0.05) is 10.8 Å². The molecule has 3 heteroatoms. The highest BCUT2D eigenvalue weighted by Crippen LogP contribution is 2.43. The minimum absolute atomic E-state index is 0.442. The number of hydrogen-bond donors (Lipinski definition) is 0. The molecule has 3 nitrogen and oxygen atoms in total. The monoisotopic (exact) mass is 420 g/mol. The van der Waals surface area contributed by atoms with Gasteiger partial charge in [0.2, 0.25) is 0 Å². The summed E-state index contributed by atoms with van der Waals surface area (Å²) in [5, 5.41) is 5.32. The lowest BCUT2D eigenvalue weighted by Gasteiger charge is -2.17. The van der Waals surface area contributed by atoms with Gasteiger partial charge in [0.05, 0.1) is 34.4 Å². The number of para-hydroxylation sites is 1. The third-order valence-electron chi connectivity index (χ3n) is 7.47. The van der Waals surface area contributed by atoms with Crippen molar-refractivity contribution in [1.29, 1.82) is 0 Å². The van der Waals surface area contributed by atoms with E-state index in [1.165, 1.54) is 65.9 Å². The quantitative estimate of drug-likeness (QED) is 0.167. The molecular weight excluding hydrogens is 390 g/mol. The van der Waals surface area contributed by atoms with Crippen molar-refractivity contribution in [1.82, 2.24) is 9.38 Å². The topological polar surface area (TPSA) is 21.2 Å². The summed E-state index contributed by atoms with van der Waals surface area (Å²) >= 11 is 0. The third-order valence-corrected chi connectivity index (χ3v) is 7.47. The van der Waals surface area contributed by atoms with Crippen molar-refractivity contribution < 1.29 is 4.57 Å². The molecule has 0 aliphatic carbocycles.